The molecule has 0 bridgehead atoms. The Labute approximate surface area is 127 Å². The quantitative estimate of drug-likeness (QED) is 0.799. The van der Waals surface area contributed by atoms with E-state index in [1.54, 1.807) is 29.7 Å². The first kappa shape index (κ1) is 15.9. The SMILES string of the molecule is CCCNC(Cc1nccs1)c1ccc(OC(F)F)cc1. The van der Waals surface area contributed by atoms with Crippen LogP contribution >= 0.6 is 11.3 Å². The molecule has 2 aromatic rings. The van der Waals surface area contributed by atoms with Crippen LogP contribution in [0.15, 0.2) is 35.8 Å². The lowest BCUT2D eigenvalue weighted by molar-refractivity contribution is -0.0498. The molecule has 1 heterocycles. The lowest BCUT2D eigenvalue weighted by Gasteiger charge is -2.18. The summed E-state index contributed by atoms with van der Waals surface area (Å²) in [6.07, 6.45) is 3.60. The number of halogens is 2. The van der Waals surface area contributed by atoms with Crippen molar-refractivity contribution in [2.24, 2.45) is 0 Å². The fourth-order valence-corrected chi connectivity index (χ4v) is 2.70. The number of alkyl halides is 2. The molecule has 0 saturated carbocycles. The Morgan fingerprint density at radius 1 is 1.29 bits per heavy atom. The van der Waals surface area contributed by atoms with E-state index in [0.29, 0.717) is 0 Å². The highest BCUT2D eigenvalue weighted by molar-refractivity contribution is 7.09. The van der Waals surface area contributed by atoms with Crippen LogP contribution in [0.5, 0.6) is 5.75 Å². The number of rotatable bonds is 8. The molecule has 1 atom stereocenters. The second-order valence-electron chi connectivity index (χ2n) is 4.58. The number of benzene rings is 1. The van der Waals surface area contributed by atoms with Crippen molar-refractivity contribution in [3.63, 3.8) is 0 Å². The Kier molecular flexibility index (Phi) is 6.07. The number of thiazole rings is 1. The Morgan fingerprint density at radius 2 is 2.05 bits per heavy atom. The molecular weight excluding hydrogens is 294 g/mol. The third kappa shape index (κ3) is 5.06. The van der Waals surface area contributed by atoms with Crippen molar-refractivity contribution in [3.8, 4) is 5.75 Å². The first-order valence-electron chi connectivity index (χ1n) is 6.85. The van der Waals surface area contributed by atoms with Crippen LogP contribution < -0.4 is 10.1 Å². The topological polar surface area (TPSA) is 34.2 Å². The standard InChI is InChI=1S/C15H18F2N2OS/c1-2-7-18-13(10-14-19-8-9-21-14)11-3-5-12(6-4-11)20-15(16)17/h3-6,8-9,13,15,18H,2,7,10H2,1H3. The fourth-order valence-electron chi connectivity index (χ4n) is 2.04. The molecule has 0 amide bonds. The molecule has 0 radical (unpaired) electrons. The smallest absolute Gasteiger partial charge is 0.387 e. The molecule has 0 aliphatic heterocycles. The second-order valence-corrected chi connectivity index (χ2v) is 5.56. The first-order chi connectivity index (χ1) is 10.2. The highest BCUT2D eigenvalue weighted by atomic mass is 32.1. The van der Waals surface area contributed by atoms with Crippen LogP contribution in [0.2, 0.25) is 0 Å². The van der Waals surface area contributed by atoms with Crippen LogP contribution in [-0.2, 0) is 6.42 Å². The number of hydrogen-bond acceptors (Lipinski definition) is 4. The Bertz CT molecular complexity index is 517. The van der Waals surface area contributed by atoms with Gasteiger partial charge in [-0.3, -0.25) is 0 Å². The van der Waals surface area contributed by atoms with Crippen molar-refractivity contribution in [2.45, 2.75) is 32.4 Å². The second kappa shape index (κ2) is 8.05. The molecule has 0 spiro atoms. The predicted octanol–water partition coefficient (Wildman–Crippen LogP) is 4.03. The molecule has 1 aromatic heterocycles. The molecule has 0 aliphatic carbocycles. The number of hydrogen-bond donors (Lipinski definition) is 1. The molecule has 21 heavy (non-hydrogen) atoms. The van der Waals surface area contributed by atoms with Gasteiger partial charge < -0.3 is 10.1 Å². The summed E-state index contributed by atoms with van der Waals surface area (Å²) in [5, 5.41) is 6.46. The lowest BCUT2D eigenvalue weighted by atomic mass is 10.0. The minimum absolute atomic E-state index is 0.122. The van der Waals surface area contributed by atoms with Gasteiger partial charge >= 0.3 is 6.61 Å². The molecule has 2 rings (SSSR count). The molecular formula is C15H18F2N2OS. The minimum Gasteiger partial charge on any atom is -0.435 e. The van der Waals surface area contributed by atoms with Crippen molar-refractivity contribution in [3.05, 3.63) is 46.4 Å². The van der Waals surface area contributed by atoms with E-state index in [4.69, 9.17) is 0 Å². The normalized spacial score (nSPS) is 12.6. The van der Waals surface area contributed by atoms with Crippen LogP contribution in [0.4, 0.5) is 8.78 Å². The highest BCUT2D eigenvalue weighted by Gasteiger charge is 2.13. The van der Waals surface area contributed by atoms with Gasteiger partial charge in [0.1, 0.15) is 5.75 Å². The van der Waals surface area contributed by atoms with E-state index in [-0.39, 0.29) is 11.8 Å². The molecule has 0 aliphatic rings. The lowest BCUT2D eigenvalue weighted by Crippen LogP contribution is -2.24. The van der Waals surface area contributed by atoms with E-state index in [9.17, 15) is 8.78 Å². The maximum absolute atomic E-state index is 12.2. The summed E-state index contributed by atoms with van der Waals surface area (Å²) >= 11 is 1.62. The van der Waals surface area contributed by atoms with Gasteiger partial charge in [-0.2, -0.15) is 8.78 Å². The maximum atomic E-state index is 12.2. The summed E-state index contributed by atoms with van der Waals surface area (Å²) in [6.45, 7) is 0.207. The summed E-state index contributed by atoms with van der Waals surface area (Å²) in [5.74, 6) is 0.178. The van der Waals surface area contributed by atoms with E-state index >= 15 is 0 Å². The Hall–Kier alpha value is -1.53. The van der Waals surface area contributed by atoms with E-state index in [2.05, 4.69) is 22.0 Å². The molecule has 0 fully saturated rings. The van der Waals surface area contributed by atoms with Crippen LogP contribution in [-0.4, -0.2) is 18.1 Å². The number of ether oxygens (including phenoxy) is 1. The third-order valence-corrected chi connectivity index (χ3v) is 3.81. The molecule has 6 heteroatoms. The zero-order chi connectivity index (χ0) is 15.1. The van der Waals surface area contributed by atoms with Gasteiger partial charge in [0.15, 0.2) is 0 Å². The van der Waals surface area contributed by atoms with Gasteiger partial charge in [-0.25, -0.2) is 4.98 Å². The van der Waals surface area contributed by atoms with Gasteiger partial charge in [0, 0.05) is 24.0 Å². The summed E-state index contributed by atoms with van der Waals surface area (Å²) in [4.78, 5) is 4.30. The van der Waals surface area contributed by atoms with Crippen molar-refractivity contribution >= 4 is 11.3 Å². The molecule has 1 unspecified atom stereocenters. The zero-order valence-electron chi connectivity index (χ0n) is 11.8. The molecule has 1 N–H and O–H groups in total. The number of aromatic nitrogens is 1. The minimum atomic E-state index is -2.79. The van der Waals surface area contributed by atoms with E-state index in [1.807, 2.05) is 17.5 Å². The largest absolute Gasteiger partial charge is 0.435 e. The van der Waals surface area contributed by atoms with Crippen molar-refractivity contribution in [1.29, 1.82) is 0 Å². The van der Waals surface area contributed by atoms with E-state index < -0.39 is 6.61 Å². The monoisotopic (exact) mass is 312 g/mol. The van der Waals surface area contributed by atoms with Crippen LogP contribution in [0, 0.1) is 0 Å². The summed E-state index contributed by atoms with van der Waals surface area (Å²) in [7, 11) is 0. The van der Waals surface area contributed by atoms with E-state index in [1.165, 1.54) is 0 Å². The molecule has 0 saturated heterocycles. The number of nitrogens with one attached hydrogen (secondary N) is 1. The molecule has 114 valence electrons. The summed E-state index contributed by atoms with van der Waals surface area (Å²) in [6, 6.07) is 6.90. The molecule has 3 nitrogen and oxygen atoms in total. The first-order valence-corrected chi connectivity index (χ1v) is 7.73. The van der Waals surface area contributed by atoms with Crippen LogP contribution in [0.3, 0.4) is 0 Å². The average Bonchev–Trinajstić information content (AvgIpc) is 2.97. The van der Waals surface area contributed by atoms with Crippen molar-refractivity contribution in [2.75, 3.05) is 6.54 Å². The van der Waals surface area contributed by atoms with Crippen LogP contribution in [0.1, 0.15) is 30.0 Å². The Morgan fingerprint density at radius 3 is 2.62 bits per heavy atom. The van der Waals surface area contributed by atoms with Gasteiger partial charge in [0.2, 0.25) is 0 Å². The zero-order valence-corrected chi connectivity index (χ0v) is 12.6. The fraction of sp³-hybridized carbons (Fsp3) is 0.400. The van der Waals surface area contributed by atoms with Gasteiger partial charge in [-0.05, 0) is 30.7 Å². The predicted molar refractivity (Wildman–Crippen MR) is 79.9 cm³/mol. The van der Waals surface area contributed by atoms with Crippen molar-refractivity contribution < 1.29 is 13.5 Å². The highest BCUT2D eigenvalue weighted by Crippen LogP contribution is 2.23. The summed E-state index contributed by atoms with van der Waals surface area (Å²) < 4.78 is 28.7. The van der Waals surface area contributed by atoms with Gasteiger partial charge in [0.25, 0.3) is 0 Å². The average molecular weight is 312 g/mol. The maximum Gasteiger partial charge on any atom is 0.387 e. The molecule has 1 aromatic carbocycles. The van der Waals surface area contributed by atoms with Gasteiger partial charge in [-0.1, -0.05) is 19.1 Å². The van der Waals surface area contributed by atoms with Gasteiger partial charge in [-0.15, -0.1) is 11.3 Å². The van der Waals surface area contributed by atoms with Crippen LogP contribution in [0.25, 0.3) is 0 Å². The van der Waals surface area contributed by atoms with Crippen molar-refractivity contribution in [1.82, 2.24) is 10.3 Å². The van der Waals surface area contributed by atoms with Gasteiger partial charge in [0.05, 0.1) is 5.01 Å². The Balaban J connectivity index is 2.08. The third-order valence-electron chi connectivity index (χ3n) is 3.01. The van der Waals surface area contributed by atoms with E-state index in [0.717, 1.165) is 30.0 Å². The number of nitrogens with zero attached hydrogens (tertiary/aromatic N) is 1. The summed E-state index contributed by atoms with van der Waals surface area (Å²) in [5.41, 5.74) is 1.04.